The lowest BCUT2D eigenvalue weighted by Crippen LogP contribution is -2.03. The summed E-state index contributed by atoms with van der Waals surface area (Å²) in [6, 6.07) is 13.9. The monoisotopic (exact) mass is 368 g/mol. The van der Waals surface area contributed by atoms with Crippen molar-refractivity contribution < 1.29 is 0 Å². The topological polar surface area (TPSA) is 17.8 Å². The molecule has 0 amide bonds. The second-order valence-electron chi connectivity index (χ2n) is 4.51. The second kappa shape index (κ2) is 5.76. The molecular weight excluding hydrogens is 359 g/mol. The highest BCUT2D eigenvalue weighted by molar-refractivity contribution is 9.10. The van der Waals surface area contributed by atoms with Crippen molar-refractivity contribution in [3.8, 4) is 0 Å². The molecule has 0 aliphatic carbocycles. The van der Waals surface area contributed by atoms with Crippen molar-refractivity contribution >= 4 is 50.2 Å². The van der Waals surface area contributed by atoms with E-state index in [9.17, 15) is 0 Å². The average molecular weight is 370 g/mol. The maximum Gasteiger partial charge on any atom is 0.125 e. The van der Waals surface area contributed by atoms with Gasteiger partial charge < -0.3 is 4.57 Å². The Hall–Kier alpha value is -1.03. The molecule has 2 nitrogen and oxygen atoms in total. The van der Waals surface area contributed by atoms with Gasteiger partial charge in [-0.3, -0.25) is 0 Å². The SMILES string of the molecule is ClCc1nc2ccc(Cl)cc2n1Cc1cccc(Br)c1. The Morgan fingerprint density at radius 3 is 2.75 bits per heavy atom. The molecule has 0 bridgehead atoms. The molecule has 20 heavy (non-hydrogen) atoms. The predicted octanol–water partition coefficient (Wildman–Crippen LogP) is 5.24. The largest absolute Gasteiger partial charge is 0.322 e. The van der Waals surface area contributed by atoms with Crippen LogP contribution in [0.3, 0.4) is 0 Å². The van der Waals surface area contributed by atoms with Gasteiger partial charge in [-0.25, -0.2) is 4.98 Å². The Kier molecular flexibility index (Phi) is 4.01. The van der Waals surface area contributed by atoms with Crippen molar-refractivity contribution in [2.75, 3.05) is 0 Å². The van der Waals surface area contributed by atoms with Crippen molar-refractivity contribution in [2.45, 2.75) is 12.4 Å². The molecule has 1 heterocycles. The fraction of sp³-hybridized carbons (Fsp3) is 0.133. The molecule has 0 aliphatic rings. The first kappa shape index (κ1) is 13.9. The zero-order valence-electron chi connectivity index (χ0n) is 10.5. The molecule has 102 valence electrons. The molecule has 3 aromatic rings. The molecule has 5 heteroatoms. The van der Waals surface area contributed by atoms with Crippen molar-refractivity contribution in [2.24, 2.45) is 0 Å². The van der Waals surface area contributed by atoms with E-state index >= 15 is 0 Å². The second-order valence-corrected chi connectivity index (χ2v) is 6.13. The standard InChI is InChI=1S/C15H11BrCl2N2/c16-11-3-1-2-10(6-11)9-20-14-7-12(18)4-5-13(14)19-15(20)8-17/h1-7H,8-9H2. The molecular formula is C15H11BrCl2N2. The van der Waals surface area contributed by atoms with Crippen LogP contribution in [0.2, 0.25) is 5.02 Å². The van der Waals surface area contributed by atoms with E-state index in [1.807, 2.05) is 30.3 Å². The molecule has 0 aliphatic heterocycles. The molecule has 0 fully saturated rings. The summed E-state index contributed by atoms with van der Waals surface area (Å²) < 4.78 is 3.17. The minimum absolute atomic E-state index is 0.375. The summed E-state index contributed by atoms with van der Waals surface area (Å²) in [5.74, 6) is 1.23. The third-order valence-corrected chi connectivity index (χ3v) is 4.11. The summed E-state index contributed by atoms with van der Waals surface area (Å²) >= 11 is 15.6. The Morgan fingerprint density at radius 2 is 2.00 bits per heavy atom. The quantitative estimate of drug-likeness (QED) is 0.577. The number of alkyl halides is 1. The lowest BCUT2D eigenvalue weighted by atomic mass is 10.2. The van der Waals surface area contributed by atoms with Gasteiger partial charge in [0.1, 0.15) is 5.82 Å². The first-order chi connectivity index (χ1) is 9.67. The van der Waals surface area contributed by atoms with Gasteiger partial charge in [0.2, 0.25) is 0 Å². The number of fused-ring (bicyclic) bond motifs is 1. The van der Waals surface area contributed by atoms with E-state index in [0.717, 1.165) is 27.9 Å². The zero-order chi connectivity index (χ0) is 14.1. The van der Waals surface area contributed by atoms with Gasteiger partial charge in [0, 0.05) is 16.0 Å². The van der Waals surface area contributed by atoms with E-state index in [1.165, 1.54) is 5.56 Å². The number of nitrogens with zero attached hydrogens (tertiary/aromatic N) is 2. The van der Waals surface area contributed by atoms with Crippen molar-refractivity contribution in [1.82, 2.24) is 9.55 Å². The average Bonchev–Trinajstić information content (AvgIpc) is 2.76. The third kappa shape index (κ3) is 2.71. The van der Waals surface area contributed by atoms with Crippen LogP contribution in [0.1, 0.15) is 11.4 Å². The lowest BCUT2D eigenvalue weighted by Gasteiger charge is -2.08. The highest BCUT2D eigenvalue weighted by atomic mass is 79.9. The minimum Gasteiger partial charge on any atom is -0.322 e. The third-order valence-electron chi connectivity index (χ3n) is 3.14. The van der Waals surface area contributed by atoms with Crippen LogP contribution in [0.5, 0.6) is 0 Å². The van der Waals surface area contributed by atoms with Crippen LogP contribution in [0.15, 0.2) is 46.9 Å². The summed E-state index contributed by atoms with van der Waals surface area (Å²) in [4.78, 5) is 4.55. The van der Waals surface area contributed by atoms with Crippen LogP contribution in [0, 0.1) is 0 Å². The number of aromatic nitrogens is 2. The molecule has 0 saturated heterocycles. The van der Waals surface area contributed by atoms with Crippen LogP contribution >= 0.6 is 39.1 Å². The Labute approximate surface area is 135 Å². The molecule has 2 aromatic carbocycles. The molecule has 0 unspecified atom stereocenters. The van der Waals surface area contributed by atoms with E-state index in [4.69, 9.17) is 23.2 Å². The Morgan fingerprint density at radius 1 is 1.15 bits per heavy atom. The van der Waals surface area contributed by atoms with Gasteiger partial charge in [0.25, 0.3) is 0 Å². The predicted molar refractivity (Wildman–Crippen MR) is 87.5 cm³/mol. The molecule has 1 aromatic heterocycles. The summed E-state index contributed by atoms with van der Waals surface area (Å²) in [5.41, 5.74) is 3.11. The minimum atomic E-state index is 0.375. The molecule has 0 N–H and O–H groups in total. The first-order valence-electron chi connectivity index (χ1n) is 6.12. The van der Waals surface area contributed by atoms with E-state index < -0.39 is 0 Å². The number of imidazole rings is 1. The molecule has 0 radical (unpaired) electrons. The van der Waals surface area contributed by atoms with E-state index in [0.29, 0.717) is 10.9 Å². The summed E-state index contributed by atoms with van der Waals surface area (Å²) in [5, 5.41) is 0.703. The van der Waals surface area contributed by atoms with Crippen molar-refractivity contribution in [3.63, 3.8) is 0 Å². The first-order valence-corrected chi connectivity index (χ1v) is 7.83. The maximum atomic E-state index is 6.09. The van der Waals surface area contributed by atoms with Crippen molar-refractivity contribution in [1.29, 1.82) is 0 Å². The van der Waals surface area contributed by atoms with E-state index in [1.54, 1.807) is 0 Å². The van der Waals surface area contributed by atoms with Gasteiger partial charge in [-0.1, -0.05) is 39.7 Å². The van der Waals surface area contributed by atoms with Gasteiger partial charge in [0.05, 0.1) is 16.9 Å². The van der Waals surface area contributed by atoms with E-state index in [2.05, 4.69) is 37.6 Å². The van der Waals surface area contributed by atoms with Crippen LogP contribution in [-0.4, -0.2) is 9.55 Å². The number of hydrogen-bond acceptors (Lipinski definition) is 1. The molecule has 0 atom stereocenters. The Balaban J connectivity index is 2.11. The number of rotatable bonds is 3. The van der Waals surface area contributed by atoms with Gasteiger partial charge in [0.15, 0.2) is 0 Å². The van der Waals surface area contributed by atoms with Gasteiger partial charge in [-0.15, -0.1) is 11.6 Å². The number of hydrogen-bond donors (Lipinski definition) is 0. The van der Waals surface area contributed by atoms with Gasteiger partial charge in [-0.05, 0) is 35.9 Å². The van der Waals surface area contributed by atoms with E-state index in [-0.39, 0.29) is 0 Å². The van der Waals surface area contributed by atoms with Crippen LogP contribution in [-0.2, 0) is 12.4 Å². The van der Waals surface area contributed by atoms with Crippen LogP contribution < -0.4 is 0 Å². The highest BCUT2D eigenvalue weighted by Gasteiger charge is 2.11. The maximum absolute atomic E-state index is 6.09. The van der Waals surface area contributed by atoms with Gasteiger partial charge in [-0.2, -0.15) is 0 Å². The van der Waals surface area contributed by atoms with Crippen molar-refractivity contribution in [3.05, 3.63) is 63.3 Å². The Bertz CT molecular complexity index is 768. The van der Waals surface area contributed by atoms with Gasteiger partial charge >= 0.3 is 0 Å². The van der Waals surface area contributed by atoms with Crippen LogP contribution in [0.25, 0.3) is 11.0 Å². The smallest absolute Gasteiger partial charge is 0.125 e. The normalized spacial score (nSPS) is 11.2. The zero-order valence-corrected chi connectivity index (χ0v) is 13.6. The fourth-order valence-electron chi connectivity index (χ4n) is 2.24. The molecule has 3 rings (SSSR count). The fourth-order valence-corrected chi connectivity index (χ4v) is 3.06. The summed E-state index contributed by atoms with van der Waals surface area (Å²) in [6.45, 7) is 0.721. The summed E-state index contributed by atoms with van der Waals surface area (Å²) in [7, 11) is 0. The van der Waals surface area contributed by atoms with Crippen LogP contribution in [0.4, 0.5) is 0 Å². The molecule has 0 saturated carbocycles. The lowest BCUT2D eigenvalue weighted by molar-refractivity contribution is 0.778. The summed E-state index contributed by atoms with van der Waals surface area (Å²) in [6.07, 6.45) is 0. The number of halogens is 3. The molecule has 0 spiro atoms. The highest BCUT2D eigenvalue weighted by Crippen LogP contribution is 2.23. The number of benzene rings is 2.